The molecule has 0 bridgehead atoms. The van der Waals surface area contributed by atoms with Gasteiger partial charge in [-0.05, 0) is 25.6 Å². The van der Waals surface area contributed by atoms with Crippen LogP contribution in [0, 0.1) is 6.92 Å². The number of alkyl halides is 2. The molecule has 0 unspecified atom stereocenters. The van der Waals surface area contributed by atoms with E-state index in [1.807, 2.05) is 19.9 Å². The standard InChI is InChI=1S/C14H18F2N4O/c1-3-17-8-11-12(5-4-10(2)19-11)21-9-13-18-6-7-20(13)14(15)16/h4-7,14,17H,3,8-9H2,1-2H3. The van der Waals surface area contributed by atoms with Gasteiger partial charge in [-0.15, -0.1) is 0 Å². The van der Waals surface area contributed by atoms with Crippen LogP contribution in [0.15, 0.2) is 24.5 Å². The zero-order chi connectivity index (χ0) is 15.2. The third kappa shape index (κ3) is 3.98. The molecule has 0 radical (unpaired) electrons. The van der Waals surface area contributed by atoms with Crippen LogP contribution in [0.1, 0.15) is 30.7 Å². The van der Waals surface area contributed by atoms with Crippen LogP contribution >= 0.6 is 0 Å². The lowest BCUT2D eigenvalue weighted by Crippen LogP contribution is -2.15. The Labute approximate surface area is 122 Å². The number of hydrogen-bond donors (Lipinski definition) is 1. The van der Waals surface area contributed by atoms with Gasteiger partial charge in [0.25, 0.3) is 0 Å². The maximum absolute atomic E-state index is 12.7. The summed E-state index contributed by atoms with van der Waals surface area (Å²) in [5, 5.41) is 3.17. The summed E-state index contributed by atoms with van der Waals surface area (Å²) in [6.07, 6.45) is 2.56. The van der Waals surface area contributed by atoms with Crippen molar-refractivity contribution in [3.63, 3.8) is 0 Å². The summed E-state index contributed by atoms with van der Waals surface area (Å²) >= 11 is 0. The number of nitrogens with zero attached hydrogens (tertiary/aromatic N) is 3. The van der Waals surface area contributed by atoms with Crippen LogP contribution in [-0.2, 0) is 13.2 Å². The lowest BCUT2D eigenvalue weighted by atomic mass is 10.3. The monoisotopic (exact) mass is 296 g/mol. The lowest BCUT2D eigenvalue weighted by Gasteiger charge is -2.12. The Bertz CT molecular complexity index is 586. The number of aromatic nitrogens is 3. The Morgan fingerprint density at radius 3 is 2.90 bits per heavy atom. The fourth-order valence-electron chi connectivity index (χ4n) is 1.87. The first-order valence-electron chi connectivity index (χ1n) is 6.71. The van der Waals surface area contributed by atoms with Gasteiger partial charge in [-0.1, -0.05) is 6.92 Å². The van der Waals surface area contributed by atoms with E-state index in [4.69, 9.17) is 4.74 Å². The second-order valence-corrected chi connectivity index (χ2v) is 4.49. The first kappa shape index (κ1) is 15.4. The average molecular weight is 296 g/mol. The highest BCUT2D eigenvalue weighted by Gasteiger charge is 2.13. The van der Waals surface area contributed by atoms with Crippen molar-refractivity contribution < 1.29 is 13.5 Å². The van der Waals surface area contributed by atoms with E-state index in [-0.39, 0.29) is 12.4 Å². The zero-order valence-corrected chi connectivity index (χ0v) is 12.0. The molecule has 0 fully saturated rings. The molecule has 114 valence electrons. The summed E-state index contributed by atoms with van der Waals surface area (Å²) in [4.78, 5) is 8.29. The molecule has 0 aromatic carbocycles. The van der Waals surface area contributed by atoms with Crippen LogP contribution in [0.25, 0.3) is 0 Å². The molecule has 5 nitrogen and oxygen atoms in total. The van der Waals surface area contributed by atoms with E-state index in [2.05, 4.69) is 15.3 Å². The minimum absolute atomic E-state index is 0.0266. The molecule has 0 saturated heterocycles. The van der Waals surface area contributed by atoms with Crippen molar-refractivity contribution in [2.24, 2.45) is 0 Å². The van der Waals surface area contributed by atoms with Crippen molar-refractivity contribution in [3.05, 3.63) is 41.7 Å². The number of nitrogens with one attached hydrogen (secondary N) is 1. The van der Waals surface area contributed by atoms with E-state index in [0.717, 1.165) is 22.5 Å². The van der Waals surface area contributed by atoms with E-state index in [9.17, 15) is 8.78 Å². The van der Waals surface area contributed by atoms with Gasteiger partial charge in [0, 0.05) is 24.6 Å². The number of halogens is 2. The van der Waals surface area contributed by atoms with Crippen LogP contribution in [0.5, 0.6) is 5.75 Å². The van der Waals surface area contributed by atoms with Crippen LogP contribution in [0.3, 0.4) is 0 Å². The predicted molar refractivity (Wildman–Crippen MR) is 74.2 cm³/mol. The molecule has 0 aliphatic carbocycles. The van der Waals surface area contributed by atoms with Crippen LogP contribution in [0.2, 0.25) is 0 Å². The topological polar surface area (TPSA) is 52.0 Å². The Morgan fingerprint density at radius 1 is 1.38 bits per heavy atom. The molecule has 2 aromatic rings. The average Bonchev–Trinajstić information content (AvgIpc) is 2.92. The van der Waals surface area contributed by atoms with Gasteiger partial charge in [0.05, 0.1) is 5.69 Å². The molecule has 2 heterocycles. The molecule has 21 heavy (non-hydrogen) atoms. The number of hydrogen-bond acceptors (Lipinski definition) is 4. The minimum Gasteiger partial charge on any atom is -0.484 e. The van der Waals surface area contributed by atoms with Crippen molar-refractivity contribution in [3.8, 4) is 5.75 Å². The third-order valence-electron chi connectivity index (χ3n) is 2.93. The highest BCUT2D eigenvalue weighted by molar-refractivity contribution is 5.29. The smallest absolute Gasteiger partial charge is 0.320 e. The molecular weight excluding hydrogens is 278 g/mol. The highest BCUT2D eigenvalue weighted by atomic mass is 19.3. The van der Waals surface area contributed by atoms with E-state index in [1.165, 1.54) is 12.4 Å². The van der Waals surface area contributed by atoms with Gasteiger partial charge < -0.3 is 10.1 Å². The molecule has 0 aliphatic rings. The second-order valence-electron chi connectivity index (χ2n) is 4.49. The fraction of sp³-hybridized carbons (Fsp3) is 0.429. The summed E-state index contributed by atoms with van der Waals surface area (Å²) in [6.45, 7) is 2.62. The number of aryl methyl sites for hydroxylation is 1. The van der Waals surface area contributed by atoms with Gasteiger partial charge in [-0.25, -0.2) is 4.98 Å². The van der Waals surface area contributed by atoms with Crippen molar-refractivity contribution in [2.45, 2.75) is 33.5 Å². The molecule has 1 N–H and O–H groups in total. The Hall–Kier alpha value is -2.02. The summed E-state index contributed by atoms with van der Waals surface area (Å²) in [5.41, 5.74) is 1.64. The van der Waals surface area contributed by atoms with Gasteiger partial charge in [0.2, 0.25) is 0 Å². The van der Waals surface area contributed by atoms with E-state index >= 15 is 0 Å². The predicted octanol–water partition coefficient (Wildman–Crippen LogP) is 2.67. The molecule has 7 heteroatoms. The molecule has 0 spiro atoms. The minimum atomic E-state index is -2.62. The van der Waals surface area contributed by atoms with Crippen LogP contribution < -0.4 is 10.1 Å². The third-order valence-corrected chi connectivity index (χ3v) is 2.93. The molecule has 0 atom stereocenters. The van der Waals surface area contributed by atoms with Crippen molar-refractivity contribution in [2.75, 3.05) is 6.54 Å². The second kappa shape index (κ2) is 7.12. The van der Waals surface area contributed by atoms with Gasteiger partial charge in [0.1, 0.15) is 12.4 Å². The highest BCUT2D eigenvalue weighted by Crippen LogP contribution is 2.19. The van der Waals surface area contributed by atoms with E-state index in [1.54, 1.807) is 6.07 Å². The Kier molecular flexibility index (Phi) is 5.21. The normalized spacial score (nSPS) is 11.1. The molecule has 2 rings (SSSR count). The summed E-state index contributed by atoms with van der Waals surface area (Å²) in [5.74, 6) is 0.755. The van der Waals surface area contributed by atoms with Gasteiger partial charge >= 0.3 is 6.55 Å². The number of imidazole rings is 1. The molecule has 0 saturated carbocycles. The molecule has 0 aliphatic heterocycles. The number of ether oxygens (including phenoxy) is 1. The largest absolute Gasteiger partial charge is 0.484 e. The molecule has 2 aromatic heterocycles. The van der Waals surface area contributed by atoms with Crippen LogP contribution in [0.4, 0.5) is 8.78 Å². The maximum atomic E-state index is 12.7. The number of rotatable bonds is 7. The Balaban J connectivity index is 2.10. The van der Waals surface area contributed by atoms with Gasteiger partial charge in [-0.3, -0.25) is 9.55 Å². The van der Waals surface area contributed by atoms with Crippen molar-refractivity contribution in [1.82, 2.24) is 19.9 Å². The zero-order valence-electron chi connectivity index (χ0n) is 12.0. The summed E-state index contributed by atoms with van der Waals surface area (Å²) in [7, 11) is 0. The summed E-state index contributed by atoms with van der Waals surface area (Å²) < 4.78 is 31.8. The fourth-order valence-corrected chi connectivity index (χ4v) is 1.87. The SMILES string of the molecule is CCNCc1nc(C)ccc1OCc1nccn1C(F)F. The van der Waals surface area contributed by atoms with Gasteiger partial charge in [-0.2, -0.15) is 8.78 Å². The number of pyridine rings is 1. The van der Waals surface area contributed by atoms with E-state index in [0.29, 0.717) is 12.3 Å². The van der Waals surface area contributed by atoms with Crippen molar-refractivity contribution in [1.29, 1.82) is 0 Å². The molecular formula is C14H18F2N4O. The first-order valence-corrected chi connectivity index (χ1v) is 6.71. The summed E-state index contributed by atoms with van der Waals surface area (Å²) in [6, 6.07) is 3.62. The maximum Gasteiger partial charge on any atom is 0.320 e. The lowest BCUT2D eigenvalue weighted by molar-refractivity contribution is 0.0632. The van der Waals surface area contributed by atoms with Crippen molar-refractivity contribution >= 4 is 0 Å². The molecule has 0 amide bonds. The first-order chi connectivity index (χ1) is 10.1. The quantitative estimate of drug-likeness (QED) is 0.853. The van der Waals surface area contributed by atoms with E-state index < -0.39 is 6.55 Å². The van der Waals surface area contributed by atoms with Crippen LogP contribution in [-0.4, -0.2) is 21.1 Å². The van der Waals surface area contributed by atoms with Gasteiger partial charge in [0.15, 0.2) is 5.82 Å². The Morgan fingerprint density at radius 2 is 2.19 bits per heavy atom.